The molecule has 0 saturated carbocycles. The number of hydrogen-bond donors (Lipinski definition) is 2. The van der Waals surface area contributed by atoms with Gasteiger partial charge in [0.15, 0.2) is 0 Å². The maximum absolute atomic E-state index is 13.2. The molecule has 0 radical (unpaired) electrons. The van der Waals surface area contributed by atoms with Gasteiger partial charge in [0.1, 0.15) is 18.0 Å². The Labute approximate surface area is 196 Å². The molecule has 0 unspecified atom stereocenters. The zero-order valence-corrected chi connectivity index (χ0v) is 18.5. The molecule has 0 bridgehead atoms. The highest BCUT2D eigenvalue weighted by molar-refractivity contribution is 7.91. The fourth-order valence-electron chi connectivity index (χ4n) is 3.44. The number of carbonyl (C=O) groups is 1. The minimum Gasteiger partial charge on any atom is -0.328 e. The molecule has 3 N–H and O–H groups in total. The third kappa shape index (κ3) is 5.41. The number of carbonyl (C=O) groups excluding carboxylic acids is 1. The van der Waals surface area contributed by atoms with Gasteiger partial charge in [0.05, 0.1) is 17.6 Å². The minimum absolute atomic E-state index is 0.0537. The summed E-state index contributed by atoms with van der Waals surface area (Å²) in [6.45, 7) is -1.73. The van der Waals surface area contributed by atoms with E-state index >= 15 is 0 Å². The third-order valence-corrected chi connectivity index (χ3v) is 5.83. The molecule has 0 fully saturated rings. The number of rotatable bonds is 5. The summed E-state index contributed by atoms with van der Waals surface area (Å²) in [4.78, 5) is 16.6. The summed E-state index contributed by atoms with van der Waals surface area (Å²) < 4.78 is 76.5. The molecule has 2 aromatic heterocycles. The van der Waals surface area contributed by atoms with Gasteiger partial charge in [-0.2, -0.15) is 25.9 Å². The molecular formula is C22H17F4N5O3S. The maximum Gasteiger partial charge on any atom is 0.405 e. The van der Waals surface area contributed by atoms with E-state index in [0.717, 1.165) is 11.1 Å². The van der Waals surface area contributed by atoms with Gasteiger partial charge in [-0.25, -0.2) is 19.3 Å². The first-order chi connectivity index (χ1) is 16.4. The lowest BCUT2D eigenvalue weighted by Gasteiger charge is -2.21. The van der Waals surface area contributed by atoms with Crippen LogP contribution in [0.1, 0.15) is 0 Å². The Morgan fingerprint density at radius 1 is 1.03 bits per heavy atom. The van der Waals surface area contributed by atoms with Crippen LogP contribution in [0.15, 0.2) is 73.1 Å². The summed E-state index contributed by atoms with van der Waals surface area (Å²) in [7, 11) is -4.75. The summed E-state index contributed by atoms with van der Waals surface area (Å²) >= 11 is 0. The lowest BCUT2D eigenvalue weighted by Crippen LogP contribution is -2.49. The second-order valence-corrected chi connectivity index (χ2v) is 8.82. The van der Waals surface area contributed by atoms with Crippen LogP contribution in [0.4, 0.5) is 28.0 Å². The zero-order chi connectivity index (χ0) is 25.4. The topological polar surface area (TPSA) is 110 Å². The van der Waals surface area contributed by atoms with Crippen LogP contribution in [0.5, 0.6) is 0 Å². The molecule has 8 nitrogen and oxygen atoms in total. The highest BCUT2D eigenvalue weighted by atomic mass is 32.2. The number of anilines is 1. The van der Waals surface area contributed by atoms with Crippen molar-refractivity contribution in [3.05, 3.63) is 78.9 Å². The summed E-state index contributed by atoms with van der Waals surface area (Å²) in [5.41, 5.74) is 2.75. The standard InChI is InChI=1S/C22H17F4N5O3S/c23-17-6-4-14(5-7-17)15-8-9-30-19(12-28-20(30)11-15)16-2-1-3-18(10-16)31(35(27,33)34)21(32)29-13-22(24,25)26/h1-12H,13H2,(H,29,32)(H2,27,33,34). The predicted octanol–water partition coefficient (Wildman–Crippen LogP) is 4.09. The van der Waals surface area contributed by atoms with Crippen LogP contribution in [0.2, 0.25) is 0 Å². The SMILES string of the molecule is NS(=O)(=O)N(C(=O)NCC(F)(F)F)c1cccc(-c2cnc3cc(-c4ccc(F)cc4)ccn23)c1. The van der Waals surface area contributed by atoms with Gasteiger partial charge in [-0.1, -0.05) is 24.3 Å². The predicted molar refractivity (Wildman–Crippen MR) is 121 cm³/mol. The van der Waals surface area contributed by atoms with Gasteiger partial charge in [0.2, 0.25) is 0 Å². The number of aromatic nitrogens is 2. The number of pyridine rings is 1. The Kier molecular flexibility index (Phi) is 6.21. The number of urea groups is 1. The van der Waals surface area contributed by atoms with E-state index in [1.807, 2.05) is 0 Å². The number of fused-ring (bicyclic) bond motifs is 1. The molecule has 35 heavy (non-hydrogen) atoms. The maximum atomic E-state index is 13.2. The van der Waals surface area contributed by atoms with E-state index in [1.165, 1.54) is 41.8 Å². The van der Waals surface area contributed by atoms with Gasteiger partial charge in [0, 0.05) is 11.8 Å². The number of halogens is 4. The van der Waals surface area contributed by atoms with Crippen molar-refractivity contribution in [1.82, 2.24) is 14.7 Å². The van der Waals surface area contributed by atoms with Crippen molar-refractivity contribution in [2.45, 2.75) is 6.18 Å². The fourth-order valence-corrected chi connectivity index (χ4v) is 4.14. The average molecular weight is 507 g/mol. The number of nitrogens with zero attached hydrogens (tertiary/aromatic N) is 3. The molecule has 13 heteroatoms. The second kappa shape index (κ2) is 9.00. The van der Waals surface area contributed by atoms with E-state index in [9.17, 15) is 30.8 Å². The Hall–Kier alpha value is -3.97. The van der Waals surface area contributed by atoms with Crippen LogP contribution >= 0.6 is 0 Å². The Balaban J connectivity index is 1.69. The van der Waals surface area contributed by atoms with Crippen molar-refractivity contribution in [1.29, 1.82) is 0 Å². The highest BCUT2D eigenvalue weighted by Gasteiger charge is 2.32. The van der Waals surface area contributed by atoms with Crippen molar-refractivity contribution in [2.24, 2.45) is 5.14 Å². The lowest BCUT2D eigenvalue weighted by molar-refractivity contribution is -0.122. The molecule has 0 saturated heterocycles. The van der Waals surface area contributed by atoms with Crippen LogP contribution in [0.3, 0.4) is 0 Å². The first-order valence-electron chi connectivity index (χ1n) is 9.93. The van der Waals surface area contributed by atoms with Crippen molar-refractivity contribution in [3.8, 4) is 22.4 Å². The molecular weight excluding hydrogens is 490 g/mol. The molecule has 2 amide bonds. The number of hydrogen-bond acceptors (Lipinski definition) is 4. The van der Waals surface area contributed by atoms with E-state index in [-0.39, 0.29) is 15.8 Å². The van der Waals surface area contributed by atoms with E-state index in [1.54, 1.807) is 40.9 Å². The van der Waals surface area contributed by atoms with Crippen molar-refractivity contribution in [3.63, 3.8) is 0 Å². The normalized spacial score (nSPS) is 12.0. The first kappa shape index (κ1) is 24.2. The summed E-state index contributed by atoms with van der Waals surface area (Å²) in [6, 6.07) is 13.4. The summed E-state index contributed by atoms with van der Waals surface area (Å²) in [5, 5.41) is 6.61. The molecule has 4 rings (SSSR count). The van der Waals surface area contributed by atoms with E-state index in [4.69, 9.17) is 5.14 Å². The highest BCUT2D eigenvalue weighted by Crippen LogP contribution is 2.29. The molecule has 0 aliphatic heterocycles. The van der Waals surface area contributed by atoms with Gasteiger partial charge >= 0.3 is 22.4 Å². The zero-order valence-electron chi connectivity index (χ0n) is 17.7. The first-order valence-corrected chi connectivity index (χ1v) is 11.4. The Bertz CT molecular complexity index is 1500. The van der Waals surface area contributed by atoms with Gasteiger partial charge in [0.25, 0.3) is 0 Å². The van der Waals surface area contributed by atoms with Crippen LogP contribution in [0.25, 0.3) is 28.0 Å². The lowest BCUT2D eigenvalue weighted by atomic mass is 10.1. The Morgan fingerprint density at radius 2 is 1.74 bits per heavy atom. The van der Waals surface area contributed by atoms with E-state index < -0.39 is 29.0 Å². The number of nitrogens with two attached hydrogens (primary N) is 1. The minimum atomic E-state index is -4.75. The molecule has 0 atom stereocenters. The second-order valence-electron chi connectivity index (χ2n) is 7.43. The number of amides is 2. The van der Waals surface area contributed by atoms with Crippen molar-refractivity contribution < 1.29 is 30.8 Å². The van der Waals surface area contributed by atoms with Gasteiger partial charge in [-0.05, 0) is 47.5 Å². The van der Waals surface area contributed by atoms with Crippen LogP contribution in [-0.2, 0) is 10.2 Å². The molecule has 2 aromatic carbocycles. The monoisotopic (exact) mass is 507 g/mol. The third-order valence-electron chi connectivity index (χ3n) is 4.95. The largest absolute Gasteiger partial charge is 0.405 e. The quantitative estimate of drug-likeness (QED) is 0.397. The molecule has 2 heterocycles. The van der Waals surface area contributed by atoms with Crippen molar-refractivity contribution >= 4 is 27.6 Å². The fraction of sp³-hybridized carbons (Fsp3) is 0.0909. The molecule has 182 valence electrons. The summed E-state index contributed by atoms with van der Waals surface area (Å²) in [6.07, 6.45) is -1.53. The van der Waals surface area contributed by atoms with E-state index in [0.29, 0.717) is 16.9 Å². The molecule has 0 aliphatic carbocycles. The van der Waals surface area contributed by atoms with Gasteiger partial charge in [-0.3, -0.25) is 4.40 Å². The molecule has 0 aliphatic rings. The number of benzene rings is 2. The van der Waals surface area contributed by atoms with Crippen LogP contribution in [0, 0.1) is 5.82 Å². The molecule has 0 spiro atoms. The average Bonchev–Trinajstić information content (AvgIpc) is 3.20. The van der Waals surface area contributed by atoms with Crippen LogP contribution < -0.4 is 14.8 Å². The number of alkyl halides is 3. The van der Waals surface area contributed by atoms with Gasteiger partial charge in [-0.15, -0.1) is 0 Å². The van der Waals surface area contributed by atoms with Crippen molar-refractivity contribution in [2.75, 3.05) is 10.8 Å². The summed E-state index contributed by atoms with van der Waals surface area (Å²) in [5.74, 6) is -0.363. The smallest absolute Gasteiger partial charge is 0.328 e. The van der Waals surface area contributed by atoms with E-state index in [2.05, 4.69) is 4.98 Å². The van der Waals surface area contributed by atoms with Crippen LogP contribution in [-0.4, -0.2) is 36.6 Å². The number of imidazole rings is 1. The van der Waals surface area contributed by atoms with Gasteiger partial charge < -0.3 is 5.32 Å². The number of nitrogens with one attached hydrogen (secondary N) is 1. The Morgan fingerprint density at radius 3 is 2.40 bits per heavy atom. The molecule has 4 aromatic rings.